The zero-order valence-electron chi connectivity index (χ0n) is 11.5. The summed E-state index contributed by atoms with van der Waals surface area (Å²) in [7, 11) is 0. The van der Waals surface area contributed by atoms with Gasteiger partial charge >= 0.3 is 0 Å². The lowest BCUT2D eigenvalue weighted by atomic mass is 10.0. The van der Waals surface area contributed by atoms with E-state index in [1.807, 2.05) is 6.92 Å². The molecule has 1 aromatic rings. The summed E-state index contributed by atoms with van der Waals surface area (Å²) < 4.78 is 13.6. The van der Waals surface area contributed by atoms with Crippen molar-refractivity contribution in [3.8, 4) is 0 Å². The van der Waals surface area contributed by atoms with E-state index >= 15 is 0 Å². The Hall–Kier alpha value is -0.350. The molecule has 3 atom stereocenters. The van der Waals surface area contributed by atoms with Gasteiger partial charge in [0.1, 0.15) is 5.82 Å². The molecule has 1 N–H and O–H groups in total. The Balaban J connectivity index is 1.73. The summed E-state index contributed by atoms with van der Waals surface area (Å²) in [4.78, 5) is 2.55. The number of rotatable bonds is 3. The first kappa shape index (κ1) is 14.6. The molecule has 0 radical (unpaired) electrons. The molecule has 0 aliphatic carbocycles. The van der Waals surface area contributed by atoms with E-state index in [0.29, 0.717) is 17.1 Å². The van der Waals surface area contributed by atoms with Crippen molar-refractivity contribution in [3.05, 3.63) is 33.6 Å². The molecule has 5 heteroatoms. The Morgan fingerprint density at radius 2 is 2.05 bits per heavy atom. The minimum Gasteiger partial charge on any atom is -0.306 e. The lowest BCUT2D eigenvalue weighted by Crippen LogP contribution is -2.40. The van der Waals surface area contributed by atoms with Crippen LogP contribution in [0.5, 0.6) is 0 Å². The third-order valence-electron chi connectivity index (χ3n) is 4.58. The summed E-state index contributed by atoms with van der Waals surface area (Å²) in [6.07, 6.45) is 3.70. The maximum Gasteiger partial charge on any atom is 0.142 e. The predicted octanol–water partition coefficient (Wildman–Crippen LogP) is 4.02. The summed E-state index contributed by atoms with van der Waals surface area (Å²) in [5.74, 6) is -0.409. The average molecular weight is 317 g/mol. The largest absolute Gasteiger partial charge is 0.306 e. The van der Waals surface area contributed by atoms with Gasteiger partial charge in [-0.1, -0.05) is 23.2 Å². The summed E-state index contributed by atoms with van der Waals surface area (Å²) in [5.41, 5.74) is 0.782. The van der Waals surface area contributed by atoms with Gasteiger partial charge in [0, 0.05) is 29.7 Å². The number of fused-ring (bicyclic) bond motifs is 1. The third kappa shape index (κ3) is 2.69. The quantitative estimate of drug-likeness (QED) is 0.847. The first-order chi connectivity index (χ1) is 9.56. The minimum atomic E-state index is -0.409. The van der Waals surface area contributed by atoms with Gasteiger partial charge in [-0.15, -0.1) is 0 Å². The molecule has 0 aromatic heterocycles. The van der Waals surface area contributed by atoms with E-state index < -0.39 is 5.82 Å². The molecule has 110 valence electrons. The molecular weight excluding hydrogens is 298 g/mol. The molecule has 2 saturated heterocycles. The highest BCUT2D eigenvalue weighted by molar-refractivity contribution is 6.35. The van der Waals surface area contributed by atoms with Crippen LogP contribution in [-0.2, 0) is 0 Å². The van der Waals surface area contributed by atoms with Crippen LogP contribution in [0.3, 0.4) is 0 Å². The number of halogens is 3. The van der Waals surface area contributed by atoms with Crippen LogP contribution in [0.15, 0.2) is 12.1 Å². The monoisotopic (exact) mass is 316 g/mol. The molecule has 2 nitrogen and oxygen atoms in total. The van der Waals surface area contributed by atoms with Crippen LogP contribution in [0.4, 0.5) is 4.39 Å². The molecule has 0 saturated carbocycles. The van der Waals surface area contributed by atoms with Gasteiger partial charge < -0.3 is 5.32 Å². The zero-order chi connectivity index (χ0) is 14.3. The summed E-state index contributed by atoms with van der Waals surface area (Å²) >= 11 is 11.9. The van der Waals surface area contributed by atoms with Gasteiger partial charge in [-0.3, -0.25) is 4.90 Å². The van der Waals surface area contributed by atoms with Crippen LogP contribution in [-0.4, -0.2) is 30.1 Å². The van der Waals surface area contributed by atoms with Gasteiger partial charge in [-0.2, -0.15) is 0 Å². The van der Waals surface area contributed by atoms with Gasteiger partial charge in [-0.05, 0) is 50.4 Å². The lowest BCUT2D eigenvalue weighted by Gasteiger charge is -2.26. The standard InChI is InChI=1S/C15H19Cl2FN2/c1-9(10-7-13(18)12(17)8-11(10)16)19-14-4-6-20-5-2-3-15(14)20/h7-9,14-15,19H,2-6H2,1H3. The second-order valence-corrected chi connectivity index (χ2v) is 6.63. The first-order valence-electron chi connectivity index (χ1n) is 7.21. The number of nitrogens with zero attached hydrogens (tertiary/aromatic N) is 1. The fraction of sp³-hybridized carbons (Fsp3) is 0.600. The highest BCUT2D eigenvalue weighted by Gasteiger charge is 2.37. The molecule has 0 amide bonds. The van der Waals surface area contributed by atoms with Gasteiger partial charge in [0.25, 0.3) is 0 Å². The first-order valence-corrected chi connectivity index (χ1v) is 7.96. The zero-order valence-corrected chi connectivity index (χ0v) is 13.0. The van der Waals surface area contributed by atoms with Crippen LogP contribution in [0.25, 0.3) is 0 Å². The van der Waals surface area contributed by atoms with Gasteiger partial charge in [0.05, 0.1) is 5.02 Å². The Bertz CT molecular complexity index is 509. The van der Waals surface area contributed by atoms with Gasteiger partial charge in [0.15, 0.2) is 0 Å². The maximum atomic E-state index is 13.6. The highest BCUT2D eigenvalue weighted by atomic mass is 35.5. The number of hydrogen-bond acceptors (Lipinski definition) is 2. The molecule has 2 aliphatic heterocycles. The van der Waals surface area contributed by atoms with Crippen molar-refractivity contribution in [2.45, 2.75) is 44.3 Å². The molecule has 20 heavy (non-hydrogen) atoms. The Labute approximate surface area is 129 Å². The van der Waals surface area contributed by atoms with Crippen molar-refractivity contribution in [3.63, 3.8) is 0 Å². The molecule has 1 aromatic carbocycles. The molecule has 3 unspecified atom stereocenters. The van der Waals surface area contributed by atoms with E-state index in [1.165, 1.54) is 31.5 Å². The molecule has 0 spiro atoms. The van der Waals surface area contributed by atoms with Crippen LogP contribution in [0, 0.1) is 5.82 Å². The number of benzene rings is 1. The summed E-state index contributed by atoms with van der Waals surface area (Å²) in [6, 6.07) is 4.07. The molecular formula is C15H19Cl2FN2. The minimum absolute atomic E-state index is 0.0276. The smallest absolute Gasteiger partial charge is 0.142 e. The van der Waals surface area contributed by atoms with E-state index in [4.69, 9.17) is 23.2 Å². The molecule has 3 rings (SSSR count). The average Bonchev–Trinajstić information content (AvgIpc) is 2.98. The molecule has 0 bridgehead atoms. The SMILES string of the molecule is CC(NC1CCN2CCCC12)c1cc(F)c(Cl)cc1Cl. The van der Waals surface area contributed by atoms with Crippen LogP contribution in [0.2, 0.25) is 10.0 Å². The van der Waals surface area contributed by atoms with Gasteiger partial charge in [0.2, 0.25) is 0 Å². The number of hydrogen-bond donors (Lipinski definition) is 1. The molecule has 2 heterocycles. The van der Waals surface area contributed by atoms with Crippen molar-refractivity contribution in [2.75, 3.05) is 13.1 Å². The lowest BCUT2D eigenvalue weighted by molar-refractivity contribution is 0.291. The van der Waals surface area contributed by atoms with Crippen molar-refractivity contribution in [1.82, 2.24) is 10.2 Å². The summed E-state index contributed by atoms with van der Waals surface area (Å²) in [5, 5.41) is 4.22. The molecule has 2 fully saturated rings. The number of nitrogens with one attached hydrogen (secondary N) is 1. The van der Waals surface area contributed by atoms with Crippen LogP contribution < -0.4 is 5.32 Å². The summed E-state index contributed by atoms with van der Waals surface area (Å²) in [6.45, 7) is 4.41. The Morgan fingerprint density at radius 1 is 1.25 bits per heavy atom. The van der Waals surface area contributed by atoms with Crippen molar-refractivity contribution >= 4 is 23.2 Å². The van der Waals surface area contributed by atoms with Crippen molar-refractivity contribution < 1.29 is 4.39 Å². The second kappa shape index (κ2) is 5.80. The maximum absolute atomic E-state index is 13.6. The van der Waals surface area contributed by atoms with E-state index in [-0.39, 0.29) is 11.1 Å². The highest BCUT2D eigenvalue weighted by Crippen LogP contribution is 2.32. The predicted molar refractivity (Wildman–Crippen MR) is 81.0 cm³/mol. The van der Waals surface area contributed by atoms with E-state index in [0.717, 1.165) is 18.5 Å². The topological polar surface area (TPSA) is 15.3 Å². The van der Waals surface area contributed by atoms with Crippen LogP contribution in [0.1, 0.15) is 37.8 Å². The van der Waals surface area contributed by atoms with E-state index in [9.17, 15) is 4.39 Å². The fourth-order valence-corrected chi connectivity index (χ4v) is 4.10. The van der Waals surface area contributed by atoms with Gasteiger partial charge in [-0.25, -0.2) is 4.39 Å². The molecule has 2 aliphatic rings. The van der Waals surface area contributed by atoms with E-state index in [2.05, 4.69) is 10.2 Å². The Morgan fingerprint density at radius 3 is 2.85 bits per heavy atom. The van der Waals surface area contributed by atoms with Crippen molar-refractivity contribution in [2.24, 2.45) is 0 Å². The van der Waals surface area contributed by atoms with E-state index in [1.54, 1.807) is 0 Å². The van der Waals surface area contributed by atoms with Crippen molar-refractivity contribution in [1.29, 1.82) is 0 Å². The normalized spacial score (nSPS) is 27.8. The van der Waals surface area contributed by atoms with Crippen LogP contribution >= 0.6 is 23.2 Å². The fourth-order valence-electron chi connectivity index (χ4n) is 3.56. The third-order valence-corrected chi connectivity index (χ3v) is 5.19. The second-order valence-electron chi connectivity index (χ2n) is 5.82. The Kier molecular flexibility index (Phi) is 4.23.